The summed E-state index contributed by atoms with van der Waals surface area (Å²) in [5.41, 5.74) is 5.19. The molecule has 1 aromatic carbocycles. The van der Waals surface area contributed by atoms with E-state index in [4.69, 9.17) is 11.6 Å². The van der Waals surface area contributed by atoms with E-state index in [9.17, 15) is 14.4 Å². The Morgan fingerprint density at radius 3 is 2.48 bits per heavy atom. The third-order valence-corrected chi connectivity index (χ3v) is 4.10. The van der Waals surface area contributed by atoms with E-state index < -0.39 is 5.91 Å². The summed E-state index contributed by atoms with van der Waals surface area (Å²) >= 11 is 7.10. The number of H-pyrrole nitrogens is 1. The summed E-state index contributed by atoms with van der Waals surface area (Å²) in [6.07, 6.45) is 1.44. The number of hydrazine groups is 1. The van der Waals surface area contributed by atoms with Crippen LogP contribution in [0.2, 0.25) is 5.02 Å². The second-order valence-corrected chi connectivity index (χ2v) is 6.09. The van der Waals surface area contributed by atoms with Crippen LogP contribution in [0, 0.1) is 0 Å². The third kappa shape index (κ3) is 5.15. The first-order chi connectivity index (χ1) is 11.0. The number of nitrogens with one attached hydrogen (secondary N) is 3. The Kier molecular flexibility index (Phi) is 5.84. The Morgan fingerprint density at radius 2 is 1.87 bits per heavy atom. The molecule has 6 nitrogen and oxygen atoms in total. The number of benzene rings is 1. The topological polar surface area (TPSA) is 91.1 Å². The van der Waals surface area contributed by atoms with Gasteiger partial charge in [0.05, 0.1) is 5.75 Å². The van der Waals surface area contributed by atoms with E-state index in [1.54, 1.807) is 24.3 Å². The summed E-state index contributed by atoms with van der Waals surface area (Å²) < 4.78 is 0. The van der Waals surface area contributed by atoms with Gasteiger partial charge < -0.3 is 4.98 Å². The van der Waals surface area contributed by atoms with Gasteiger partial charge in [-0.05, 0) is 37.3 Å². The molecule has 0 radical (unpaired) electrons. The van der Waals surface area contributed by atoms with Gasteiger partial charge in [-0.1, -0.05) is 11.6 Å². The second-order valence-electron chi connectivity index (χ2n) is 4.60. The van der Waals surface area contributed by atoms with E-state index in [0.29, 0.717) is 10.6 Å². The molecule has 0 saturated heterocycles. The van der Waals surface area contributed by atoms with Crippen LogP contribution < -0.4 is 10.9 Å². The molecule has 2 rings (SSSR count). The number of ketones is 1. The molecular weight excluding hydrogens is 338 g/mol. The minimum absolute atomic E-state index is 0.144. The molecule has 0 atom stereocenters. The van der Waals surface area contributed by atoms with E-state index in [1.807, 2.05) is 0 Å². The molecule has 0 spiro atoms. The molecule has 120 valence electrons. The lowest BCUT2D eigenvalue weighted by molar-refractivity contribution is -0.119. The van der Waals surface area contributed by atoms with Gasteiger partial charge in [0, 0.05) is 21.7 Å². The first-order valence-electron chi connectivity index (χ1n) is 6.62. The summed E-state index contributed by atoms with van der Waals surface area (Å²) in [5, 5.41) is 0.627. The Hall–Kier alpha value is -2.25. The first kappa shape index (κ1) is 17.1. The lowest BCUT2D eigenvalue weighted by atomic mass is 10.2. The number of aromatic nitrogens is 1. The molecule has 0 fully saturated rings. The zero-order valence-electron chi connectivity index (χ0n) is 12.2. The van der Waals surface area contributed by atoms with E-state index in [-0.39, 0.29) is 23.1 Å². The molecule has 1 heterocycles. The highest BCUT2D eigenvalue weighted by Crippen LogP contribution is 2.19. The summed E-state index contributed by atoms with van der Waals surface area (Å²) in [5.74, 6) is -0.881. The Labute approximate surface area is 142 Å². The van der Waals surface area contributed by atoms with Crippen molar-refractivity contribution in [3.05, 3.63) is 52.8 Å². The fourth-order valence-electron chi connectivity index (χ4n) is 1.64. The monoisotopic (exact) mass is 351 g/mol. The minimum Gasteiger partial charge on any atom is -0.356 e. The van der Waals surface area contributed by atoms with Crippen LogP contribution >= 0.6 is 23.4 Å². The van der Waals surface area contributed by atoms with Gasteiger partial charge in [-0.25, -0.2) is 0 Å². The zero-order chi connectivity index (χ0) is 16.8. The fourth-order valence-corrected chi connectivity index (χ4v) is 2.46. The molecule has 0 aliphatic heterocycles. The van der Waals surface area contributed by atoms with Gasteiger partial charge in [0.2, 0.25) is 5.91 Å². The fraction of sp³-hybridized carbons (Fsp3) is 0.133. The summed E-state index contributed by atoms with van der Waals surface area (Å²) in [4.78, 5) is 38.2. The molecule has 1 aromatic heterocycles. The summed E-state index contributed by atoms with van der Waals surface area (Å²) in [6, 6.07) is 8.51. The van der Waals surface area contributed by atoms with Crippen LogP contribution in [-0.4, -0.2) is 28.3 Å². The van der Waals surface area contributed by atoms with Crippen molar-refractivity contribution in [2.24, 2.45) is 0 Å². The Bertz CT molecular complexity index is 728. The molecule has 23 heavy (non-hydrogen) atoms. The predicted octanol–water partition coefficient (Wildman–Crippen LogP) is 2.42. The number of amides is 2. The number of Topliss-reactive ketones (excluding diaryl/α,β-unsaturated/α-hetero) is 1. The van der Waals surface area contributed by atoms with E-state index in [1.165, 1.54) is 30.9 Å². The molecule has 2 amide bonds. The average Bonchev–Trinajstić information content (AvgIpc) is 3.02. The highest BCUT2D eigenvalue weighted by molar-refractivity contribution is 8.00. The predicted molar refractivity (Wildman–Crippen MR) is 88.6 cm³/mol. The zero-order valence-corrected chi connectivity index (χ0v) is 13.8. The van der Waals surface area contributed by atoms with Gasteiger partial charge in [-0.2, -0.15) is 0 Å². The standard InChI is InChI=1S/C15H14ClN3O3S/c1-9(20)10-6-13(17-7-10)15(22)19-18-14(21)8-23-12-4-2-11(16)3-5-12/h2-7,17H,8H2,1H3,(H,18,21)(H,19,22). The number of aromatic amines is 1. The quantitative estimate of drug-likeness (QED) is 0.438. The lowest BCUT2D eigenvalue weighted by Gasteiger charge is -2.06. The van der Waals surface area contributed by atoms with Crippen molar-refractivity contribution in [1.29, 1.82) is 0 Å². The molecule has 3 N–H and O–H groups in total. The van der Waals surface area contributed by atoms with Gasteiger partial charge in [-0.3, -0.25) is 25.2 Å². The molecule has 2 aromatic rings. The smallest absolute Gasteiger partial charge is 0.286 e. The highest BCUT2D eigenvalue weighted by Gasteiger charge is 2.11. The van der Waals surface area contributed by atoms with E-state index in [2.05, 4.69) is 15.8 Å². The number of rotatable bonds is 5. The largest absolute Gasteiger partial charge is 0.356 e. The van der Waals surface area contributed by atoms with Crippen molar-refractivity contribution in [3.63, 3.8) is 0 Å². The van der Waals surface area contributed by atoms with Gasteiger partial charge in [0.1, 0.15) is 5.69 Å². The maximum absolute atomic E-state index is 11.8. The molecule has 0 saturated carbocycles. The lowest BCUT2D eigenvalue weighted by Crippen LogP contribution is -2.42. The third-order valence-electron chi connectivity index (χ3n) is 2.83. The summed E-state index contributed by atoms with van der Waals surface area (Å²) in [6.45, 7) is 1.40. The first-order valence-corrected chi connectivity index (χ1v) is 7.99. The van der Waals surface area contributed by atoms with Gasteiger partial charge in [-0.15, -0.1) is 11.8 Å². The van der Waals surface area contributed by atoms with Crippen LogP contribution in [0.5, 0.6) is 0 Å². The summed E-state index contributed by atoms with van der Waals surface area (Å²) in [7, 11) is 0. The molecule has 0 aliphatic rings. The average molecular weight is 352 g/mol. The molecule has 0 unspecified atom stereocenters. The Balaban J connectivity index is 1.78. The van der Waals surface area contributed by atoms with Crippen LogP contribution in [0.15, 0.2) is 41.4 Å². The van der Waals surface area contributed by atoms with Crippen LogP contribution in [-0.2, 0) is 4.79 Å². The number of carbonyl (C=O) groups excluding carboxylic acids is 3. The second kappa shape index (κ2) is 7.85. The molecule has 8 heteroatoms. The molecule has 0 aliphatic carbocycles. The van der Waals surface area contributed by atoms with Crippen molar-refractivity contribution in [2.75, 3.05) is 5.75 Å². The Morgan fingerprint density at radius 1 is 1.17 bits per heavy atom. The maximum Gasteiger partial charge on any atom is 0.286 e. The van der Waals surface area contributed by atoms with Gasteiger partial charge >= 0.3 is 0 Å². The minimum atomic E-state index is -0.526. The van der Waals surface area contributed by atoms with Crippen molar-refractivity contribution in [2.45, 2.75) is 11.8 Å². The van der Waals surface area contributed by atoms with Crippen LogP contribution in [0.1, 0.15) is 27.8 Å². The van der Waals surface area contributed by atoms with Crippen LogP contribution in [0.3, 0.4) is 0 Å². The number of halogens is 1. The van der Waals surface area contributed by atoms with Crippen molar-refractivity contribution < 1.29 is 14.4 Å². The van der Waals surface area contributed by atoms with Crippen molar-refractivity contribution in [3.8, 4) is 0 Å². The highest BCUT2D eigenvalue weighted by atomic mass is 35.5. The number of carbonyl (C=O) groups is 3. The normalized spacial score (nSPS) is 10.2. The van der Waals surface area contributed by atoms with Crippen LogP contribution in [0.25, 0.3) is 0 Å². The van der Waals surface area contributed by atoms with E-state index in [0.717, 1.165) is 4.90 Å². The number of hydrogen-bond acceptors (Lipinski definition) is 4. The SMILES string of the molecule is CC(=O)c1c[nH]c(C(=O)NNC(=O)CSc2ccc(Cl)cc2)c1. The van der Waals surface area contributed by atoms with Crippen LogP contribution in [0.4, 0.5) is 0 Å². The van der Waals surface area contributed by atoms with E-state index >= 15 is 0 Å². The van der Waals surface area contributed by atoms with Gasteiger partial charge in [0.25, 0.3) is 5.91 Å². The number of thioether (sulfide) groups is 1. The van der Waals surface area contributed by atoms with Crippen molar-refractivity contribution in [1.82, 2.24) is 15.8 Å². The van der Waals surface area contributed by atoms with Gasteiger partial charge in [0.15, 0.2) is 5.78 Å². The maximum atomic E-state index is 11.8. The number of hydrogen-bond donors (Lipinski definition) is 3. The molecular formula is C15H14ClN3O3S. The molecule has 0 bridgehead atoms. The van der Waals surface area contributed by atoms with Crippen molar-refractivity contribution >= 4 is 41.0 Å².